The smallest absolute Gasteiger partial charge is 0.465 e. The summed E-state index contributed by atoms with van der Waals surface area (Å²) in [6.45, 7) is -0.286. The Bertz CT molecular complexity index is 944. The molecule has 2 fully saturated rings. The molecule has 1 aromatic carbocycles. The Morgan fingerprint density at radius 2 is 2.00 bits per heavy atom. The Balaban J connectivity index is 1.57. The number of ether oxygens (including phenoxy) is 2. The van der Waals surface area contributed by atoms with E-state index in [0.717, 1.165) is 17.7 Å². The van der Waals surface area contributed by atoms with Gasteiger partial charge in [0.05, 0.1) is 19.3 Å². The van der Waals surface area contributed by atoms with Crippen LogP contribution in [-0.4, -0.2) is 53.0 Å². The summed E-state index contributed by atoms with van der Waals surface area (Å²) in [6.07, 6.45) is -6.56. The number of likely N-dealkylation sites (tertiary alicyclic amines) is 1. The molecule has 31 heavy (non-hydrogen) atoms. The van der Waals surface area contributed by atoms with E-state index in [0.29, 0.717) is 11.3 Å². The highest BCUT2D eigenvalue weighted by atomic mass is 19.4. The molecule has 1 aliphatic heterocycles. The number of carboxylic acid groups (broad SMARTS) is 1. The molecular weight excluding hydrogens is 424 g/mol. The standard InChI is InChI=1S/C20H20F4N2O5/c21-14-9-26(19(27)28)8-7-16(14)29-10-13-17(25-31-18(13)11-5-6-11)12-3-1-2-4-15(12)30-20(22,23)24/h1-4,11,14,16H,5-10H2,(H,27,28). The van der Waals surface area contributed by atoms with E-state index in [-0.39, 0.29) is 43.3 Å². The minimum atomic E-state index is -4.88. The molecule has 7 nitrogen and oxygen atoms in total. The van der Waals surface area contributed by atoms with Gasteiger partial charge in [0.15, 0.2) is 0 Å². The van der Waals surface area contributed by atoms with Crippen LogP contribution in [0.5, 0.6) is 5.75 Å². The van der Waals surface area contributed by atoms with E-state index in [1.165, 1.54) is 18.2 Å². The topological polar surface area (TPSA) is 85.0 Å². The largest absolute Gasteiger partial charge is 0.573 e. The van der Waals surface area contributed by atoms with Gasteiger partial charge in [0.1, 0.15) is 23.4 Å². The number of rotatable bonds is 6. The maximum atomic E-state index is 14.4. The lowest BCUT2D eigenvalue weighted by Gasteiger charge is -2.32. The molecule has 2 heterocycles. The number of alkyl halides is 4. The summed E-state index contributed by atoms with van der Waals surface area (Å²) < 4.78 is 68.2. The van der Waals surface area contributed by atoms with E-state index >= 15 is 0 Å². The zero-order valence-corrected chi connectivity index (χ0v) is 16.3. The van der Waals surface area contributed by atoms with E-state index in [9.17, 15) is 22.4 Å². The molecule has 1 saturated heterocycles. The number of aromatic nitrogens is 1. The van der Waals surface area contributed by atoms with Gasteiger partial charge in [-0.15, -0.1) is 13.2 Å². The van der Waals surface area contributed by atoms with Crippen molar-refractivity contribution in [2.24, 2.45) is 0 Å². The van der Waals surface area contributed by atoms with Gasteiger partial charge in [0, 0.05) is 23.6 Å². The lowest BCUT2D eigenvalue weighted by Crippen LogP contribution is -2.47. The fourth-order valence-corrected chi connectivity index (χ4v) is 3.65. The van der Waals surface area contributed by atoms with E-state index in [1.807, 2.05) is 0 Å². The second-order valence-electron chi connectivity index (χ2n) is 7.57. The van der Waals surface area contributed by atoms with Crippen LogP contribution in [0.4, 0.5) is 22.4 Å². The number of hydrogen-bond donors (Lipinski definition) is 1. The van der Waals surface area contributed by atoms with Crippen molar-refractivity contribution in [3.05, 3.63) is 35.6 Å². The number of carbonyl (C=O) groups is 1. The highest BCUT2D eigenvalue weighted by Crippen LogP contribution is 2.45. The molecule has 168 valence electrons. The Morgan fingerprint density at radius 1 is 1.26 bits per heavy atom. The number of halogens is 4. The Morgan fingerprint density at radius 3 is 2.65 bits per heavy atom. The molecule has 4 rings (SSSR count). The van der Waals surface area contributed by atoms with E-state index < -0.39 is 30.5 Å². The summed E-state index contributed by atoms with van der Waals surface area (Å²) in [5, 5.41) is 13.0. The van der Waals surface area contributed by atoms with Gasteiger partial charge in [-0.05, 0) is 31.4 Å². The first-order valence-electron chi connectivity index (χ1n) is 9.80. The summed E-state index contributed by atoms with van der Waals surface area (Å²) in [6, 6.07) is 5.57. The molecule has 0 radical (unpaired) electrons. The van der Waals surface area contributed by atoms with Crippen molar-refractivity contribution in [3.8, 4) is 17.0 Å². The van der Waals surface area contributed by atoms with Crippen molar-refractivity contribution in [1.29, 1.82) is 0 Å². The molecule has 0 bridgehead atoms. The van der Waals surface area contributed by atoms with Gasteiger partial charge in [-0.2, -0.15) is 0 Å². The quantitative estimate of drug-likeness (QED) is 0.649. The van der Waals surface area contributed by atoms with Crippen molar-refractivity contribution < 1.29 is 41.5 Å². The minimum absolute atomic E-state index is 0.0885. The van der Waals surface area contributed by atoms with E-state index in [1.54, 1.807) is 6.07 Å². The van der Waals surface area contributed by atoms with Gasteiger partial charge in [0.2, 0.25) is 0 Å². The van der Waals surface area contributed by atoms with Gasteiger partial charge < -0.3 is 24.0 Å². The lowest BCUT2D eigenvalue weighted by molar-refractivity contribution is -0.274. The zero-order chi connectivity index (χ0) is 22.2. The first-order valence-corrected chi connectivity index (χ1v) is 9.80. The Labute approximate surface area is 174 Å². The molecule has 1 aliphatic carbocycles. The van der Waals surface area contributed by atoms with Crippen molar-refractivity contribution in [1.82, 2.24) is 10.1 Å². The molecule has 2 aromatic rings. The minimum Gasteiger partial charge on any atom is -0.465 e. The monoisotopic (exact) mass is 444 g/mol. The third kappa shape index (κ3) is 4.92. The van der Waals surface area contributed by atoms with Crippen LogP contribution >= 0.6 is 0 Å². The second kappa shape index (κ2) is 8.37. The summed E-state index contributed by atoms with van der Waals surface area (Å²) >= 11 is 0. The van der Waals surface area contributed by atoms with Crippen LogP contribution in [0.3, 0.4) is 0 Å². The highest BCUT2D eigenvalue weighted by molar-refractivity contribution is 5.70. The fraction of sp³-hybridized carbons (Fsp3) is 0.500. The van der Waals surface area contributed by atoms with Crippen LogP contribution in [0.15, 0.2) is 28.8 Å². The van der Waals surface area contributed by atoms with Crippen molar-refractivity contribution in [3.63, 3.8) is 0 Å². The summed E-state index contributed by atoms with van der Waals surface area (Å²) in [5.74, 6) is 0.172. The maximum absolute atomic E-state index is 14.4. The fourth-order valence-electron chi connectivity index (χ4n) is 3.65. The first kappa shape index (κ1) is 21.4. The highest BCUT2D eigenvalue weighted by Gasteiger charge is 2.37. The molecule has 1 aromatic heterocycles. The zero-order valence-electron chi connectivity index (χ0n) is 16.3. The second-order valence-corrected chi connectivity index (χ2v) is 7.57. The number of benzene rings is 1. The Hall–Kier alpha value is -2.82. The first-order chi connectivity index (χ1) is 14.7. The van der Waals surface area contributed by atoms with Gasteiger partial charge in [-0.1, -0.05) is 17.3 Å². The Kier molecular flexibility index (Phi) is 5.78. The maximum Gasteiger partial charge on any atom is 0.573 e. The van der Waals surface area contributed by atoms with Crippen molar-refractivity contribution in [2.75, 3.05) is 13.1 Å². The molecule has 2 unspecified atom stereocenters. The van der Waals surface area contributed by atoms with E-state index in [4.69, 9.17) is 14.4 Å². The van der Waals surface area contributed by atoms with Crippen LogP contribution in [0, 0.1) is 0 Å². The van der Waals surface area contributed by atoms with Gasteiger partial charge in [0.25, 0.3) is 0 Å². The predicted molar refractivity (Wildman–Crippen MR) is 98.3 cm³/mol. The van der Waals surface area contributed by atoms with Crippen molar-refractivity contribution >= 4 is 6.09 Å². The number of piperidine rings is 1. The lowest BCUT2D eigenvalue weighted by atomic mass is 10.0. The molecule has 11 heteroatoms. The molecule has 1 amide bonds. The average molecular weight is 444 g/mol. The summed E-state index contributed by atoms with van der Waals surface area (Å²) in [7, 11) is 0. The number of hydrogen-bond acceptors (Lipinski definition) is 5. The SMILES string of the molecule is O=C(O)N1CCC(OCc2c(-c3ccccc3OC(F)(F)F)noc2C2CC2)C(F)C1. The third-order valence-corrected chi connectivity index (χ3v) is 5.33. The normalized spacial score (nSPS) is 21.9. The third-order valence-electron chi connectivity index (χ3n) is 5.33. The molecule has 1 saturated carbocycles. The van der Waals surface area contributed by atoms with Crippen molar-refractivity contribution in [2.45, 2.75) is 50.4 Å². The van der Waals surface area contributed by atoms with Crippen LogP contribution in [0.1, 0.15) is 36.5 Å². The number of para-hydroxylation sites is 1. The van der Waals surface area contributed by atoms with Gasteiger partial charge in [-0.25, -0.2) is 9.18 Å². The van der Waals surface area contributed by atoms with Crippen LogP contribution in [-0.2, 0) is 11.3 Å². The average Bonchev–Trinajstić information content (AvgIpc) is 3.46. The molecule has 1 N–H and O–H groups in total. The van der Waals surface area contributed by atoms with Gasteiger partial charge in [-0.3, -0.25) is 0 Å². The number of amides is 1. The van der Waals surface area contributed by atoms with Crippen LogP contribution in [0.2, 0.25) is 0 Å². The van der Waals surface area contributed by atoms with E-state index in [2.05, 4.69) is 9.89 Å². The summed E-state index contributed by atoms with van der Waals surface area (Å²) in [5.41, 5.74) is 0.695. The molecular formula is C20H20F4N2O5. The van der Waals surface area contributed by atoms with Gasteiger partial charge >= 0.3 is 12.5 Å². The molecule has 0 spiro atoms. The van der Waals surface area contributed by atoms with Crippen LogP contribution in [0.25, 0.3) is 11.3 Å². The van der Waals surface area contributed by atoms with Crippen LogP contribution < -0.4 is 4.74 Å². The molecule has 2 atom stereocenters. The molecule has 2 aliphatic rings. The number of nitrogens with zero attached hydrogens (tertiary/aromatic N) is 2. The summed E-state index contributed by atoms with van der Waals surface area (Å²) in [4.78, 5) is 12.0. The predicted octanol–water partition coefficient (Wildman–Crippen LogP) is 4.72.